The van der Waals surface area contributed by atoms with Crippen LogP contribution in [0.25, 0.3) is 89.7 Å². The number of fused-ring (bicyclic) bond motifs is 20. The predicted octanol–water partition coefficient (Wildman–Crippen LogP) is 6.49. The third-order valence-corrected chi connectivity index (χ3v) is 7.33. The second-order valence-corrected chi connectivity index (χ2v) is 11.7. The van der Waals surface area contributed by atoms with Gasteiger partial charge in [0.1, 0.15) is 0 Å². The first kappa shape index (κ1) is 42.5. The molecular weight excluding hydrogens is 786 g/mol. The second kappa shape index (κ2) is 18.9. The van der Waals surface area contributed by atoms with Gasteiger partial charge in [0.2, 0.25) is 0 Å². The molecule has 0 aliphatic carbocycles. The van der Waals surface area contributed by atoms with Crippen molar-refractivity contribution in [1.82, 2.24) is 39.9 Å². The van der Waals surface area contributed by atoms with E-state index < -0.39 is 23.9 Å². The molecule has 57 heavy (non-hydrogen) atoms. The topological polar surface area (TPSA) is 255 Å². The molecule has 7 aromatic rings. The maximum atomic E-state index is 9.00. The molecule has 8 bridgehead atoms. The minimum Gasteiger partial charge on any atom is -0.481 e. The summed E-state index contributed by atoms with van der Waals surface area (Å²) in [4.78, 5) is 75.3. The summed E-state index contributed by atoms with van der Waals surface area (Å²) in [5.74, 6) is -1.13. The Hall–Kier alpha value is -7.26. The van der Waals surface area contributed by atoms with Crippen LogP contribution in [-0.4, -0.2) is 74.2 Å². The van der Waals surface area contributed by atoms with E-state index in [2.05, 4.69) is 0 Å². The summed E-state index contributed by atoms with van der Waals surface area (Å²) in [6.45, 7) is 4.33. The number of rotatable bonds is 0. The van der Waals surface area contributed by atoms with Gasteiger partial charge in [-0.25, -0.2) is 9.97 Å². The fourth-order valence-electron chi connectivity index (χ4n) is 5.46. The van der Waals surface area contributed by atoms with Crippen molar-refractivity contribution in [3.05, 3.63) is 97.1 Å². The number of carboxylic acid groups (broad SMARTS) is 4. The van der Waals surface area contributed by atoms with Gasteiger partial charge in [-0.1, -0.05) is 97.1 Å². The minimum absolute atomic E-state index is 0. The number of benzene rings is 4. The van der Waals surface area contributed by atoms with Crippen molar-refractivity contribution < 1.29 is 59.1 Å². The van der Waals surface area contributed by atoms with Crippen molar-refractivity contribution in [2.24, 2.45) is 0 Å². The molecule has 17 heteroatoms. The standard InChI is InChI=1S/C32H16N8.4C2H4O2.Zn/c1-2-10-18-17(9-1)25-33-26(18)38-28-21-13-5-6-14-22(21)30(35-28)40-32-24-16-8-7-15-23(24)31(36-32)39-29-20-12-4-3-11-19(20)27(34-29)37-25;4*1-2(3)4;/h1-16H;4*1H3,(H,3,4);/q-2;;;;;+2. The molecule has 0 spiro atoms. The summed E-state index contributed by atoms with van der Waals surface area (Å²) in [7, 11) is 0. The smallest absolute Gasteiger partial charge is 0.481 e. The van der Waals surface area contributed by atoms with Crippen molar-refractivity contribution >= 4 is 68.0 Å². The van der Waals surface area contributed by atoms with Gasteiger partial charge in [0, 0.05) is 72.5 Å². The van der Waals surface area contributed by atoms with E-state index in [1.165, 1.54) is 0 Å². The fourth-order valence-corrected chi connectivity index (χ4v) is 5.46. The van der Waals surface area contributed by atoms with E-state index in [0.717, 1.165) is 71.5 Å². The molecule has 0 atom stereocenters. The number of hydrogen-bond donors (Lipinski definition) is 4. The van der Waals surface area contributed by atoms with Crippen LogP contribution in [0.4, 0.5) is 0 Å². The van der Waals surface area contributed by atoms with Gasteiger partial charge in [-0.05, 0) is 21.5 Å². The van der Waals surface area contributed by atoms with Crippen molar-refractivity contribution in [1.29, 1.82) is 0 Å². The van der Waals surface area contributed by atoms with Crippen LogP contribution in [0, 0.1) is 0 Å². The third kappa shape index (κ3) is 10.5. The summed E-state index contributed by atoms with van der Waals surface area (Å²) in [5, 5.41) is 33.2. The van der Waals surface area contributed by atoms with Crippen molar-refractivity contribution in [2.45, 2.75) is 27.7 Å². The van der Waals surface area contributed by atoms with Gasteiger partial charge < -0.3 is 50.3 Å². The van der Waals surface area contributed by atoms with Crippen LogP contribution in [0.3, 0.4) is 0 Å². The Bertz CT molecular complexity index is 2420. The molecule has 282 valence electrons. The number of hydrogen-bond acceptors (Lipinski definition) is 10. The van der Waals surface area contributed by atoms with Gasteiger partial charge in [-0.15, -0.1) is 0 Å². The van der Waals surface area contributed by atoms with Crippen molar-refractivity contribution in [2.75, 3.05) is 0 Å². The molecule has 4 aromatic carbocycles. The zero-order valence-corrected chi connectivity index (χ0v) is 33.9. The van der Waals surface area contributed by atoms with Crippen LogP contribution in [0.5, 0.6) is 0 Å². The molecule has 3 aromatic heterocycles. The van der Waals surface area contributed by atoms with Crippen LogP contribution < -0.4 is 9.97 Å². The van der Waals surface area contributed by atoms with E-state index in [9.17, 15) is 0 Å². The SMILES string of the molecule is CC(=O)O.CC(=O)O.CC(=O)O.CC(=O)O.[Zn+2].c1ccc2c(c1)-c1nc-2nc2[n-]c(nc3nc(nc4[n-]c(n1)c1ccccc41)-c1ccccc1-3)c1ccccc21. The number of carbonyl (C=O) groups is 4. The van der Waals surface area contributed by atoms with E-state index in [1.807, 2.05) is 97.1 Å². The Balaban J connectivity index is 0.000000366. The van der Waals surface area contributed by atoms with E-state index >= 15 is 0 Å². The number of carboxylic acids is 4. The monoisotopic (exact) mass is 816 g/mol. The molecular formula is C40H32N8O8Zn. The van der Waals surface area contributed by atoms with E-state index in [-0.39, 0.29) is 19.5 Å². The van der Waals surface area contributed by atoms with Gasteiger partial charge in [0.15, 0.2) is 0 Å². The van der Waals surface area contributed by atoms with Crippen LogP contribution in [-0.2, 0) is 38.7 Å². The molecule has 5 heterocycles. The number of aliphatic carboxylic acids is 4. The van der Waals surface area contributed by atoms with Gasteiger partial charge in [0.05, 0.1) is 23.3 Å². The second-order valence-electron chi connectivity index (χ2n) is 11.7. The molecule has 0 saturated carbocycles. The van der Waals surface area contributed by atoms with Crippen molar-refractivity contribution in [3.63, 3.8) is 0 Å². The van der Waals surface area contributed by atoms with E-state index in [4.69, 9.17) is 79.5 Å². The average Bonchev–Trinajstić information content (AvgIpc) is 3.87. The summed E-state index contributed by atoms with van der Waals surface area (Å²) in [5.41, 5.74) is 5.78. The fraction of sp³-hybridized carbons (Fsp3) is 0.100. The molecule has 0 radical (unpaired) electrons. The van der Waals surface area contributed by atoms with Crippen LogP contribution in [0.2, 0.25) is 0 Å². The van der Waals surface area contributed by atoms with Gasteiger partial charge in [-0.2, -0.15) is 0 Å². The van der Waals surface area contributed by atoms with Crippen LogP contribution in [0.1, 0.15) is 27.7 Å². The van der Waals surface area contributed by atoms with Gasteiger partial charge >= 0.3 is 19.5 Å². The molecule has 0 saturated heterocycles. The molecule has 16 nitrogen and oxygen atoms in total. The molecule has 0 amide bonds. The maximum Gasteiger partial charge on any atom is 2.00 e. The Morgan fingerprint density at radius 2 is 0.544 bits per heavy atom. The normalized spacial score (nSPS) is 10.2. The van der Waals surface area contributed by atoms with Gasteiger partial charge in [-0.3, -0.25) is 19.2 Å². The molecule has 0 unspecified atom stereocenters. The molecule has 0 fully saturated rings. The summed E-state index contributed by atoms with van der Waals surface area (Å²) >= 11 is 0. The third-order valence-electron chi connectivity index (χ3n) is 7.33. The van der Waals surface area contributed by atoms with Gasteiger partial charge in [0.25, 0.3) is 23.9 Å². The first-order chi connectivity index (χ1) is 26.7. The number of aromatic nitrogens is 8. The molecule has 9 rings (SSSR count). The minimum atomic E-state index is -0.833. The first-order valence-electron chi connectivity index (χ1n) is 16.6. The summed E-state index contributed by atoms with van der Waals surface area (Å²) in [6, 6.07) is 31.8. The number of nitrogens with zero attached hydrogens (tertiary/aromatic N) is 8. The zero-order valence-electron chi connectivity index (χ0n) is 30.9. The molecule has 4 N–H and O–H groups in total. The quantitative estimate of drug-likeness (QED) is 0.119. The van der Waals surface area contributed by atoms with Crippen LogP contribution >= 0.6 is 0 Å². The van der Waals surface area contributed by atoms with E-state index in [1.54, 1.807) is 0 Å². The van der Waals surface area contributed by atoms with Crippen molar-refractivity contribution in [3.8, 4) is 45.6 Å². The Morgan fingerprint density at radius 3 is 0.737 bits per heavy atom. The summed E-state index contributed by atoms with van der Waals surface area (Å²) in [6.07, 6.45) is 0. The Kier molecular flexibility index (Phi) is 14.1. The average molecular weight is 818 g/mol. The summed E-state index contributed by atoms with van der Waals surface area (Å²) < 4.78 is 0. The Morgan fingerprint density at radius 1 is 0.368 bits per heavy atom. The first-order valence-corrected chi connectivity index (χ1v) is 16.6. The molecule has 2 aliphatic heterocycles. The van der Waals surface area contributed by atoms with E-state index in [0.29, 0.717) is 45.9 Å². The Labute approximate surface area is 336 Å². The maximum absolute atomic E-state index is 9.00. The largest absolute Gasteiger partial charge is 2.00 e. The zero-order chi connectivity index (χ0) is 40.5. The molecule has 2 aliphatic rings. The predicted molar refractivity (Wildman–Crippen MR) is 207 cm³/mol. The van der Waals surface area contributed by atoms with Crippen LogP contribution in [0.15, 0.2) is 97.1 Å².